The highest BCUT2D eigenvalue weighted by molar-refractivity contribution is 7.71. The van der Waals surface area contributed by atoms with Gasteiger partial charge in [0.15, 0.2) is 0 Å². The van der Waals surface area contributed by atoms with E-state index in [4.69, 9.17) is 17.0 Å². The molecule has 1 aromatic carbocycles. The number of aromatic nitrogens is 2. The molecule has 0 saturated heterocycles. The van der Waals surface area contributed by atoms with E-state index in [1.165, 1.54) is 5.56 Å². The number of rotatable bonds is 2. The lowest BCUT2D eigenvalue weighted by atomic mass is 9.95. The molecule has 0 amide bonds. The van der Waals surface area contributed by atoms with Crippen LogP contribution in [0.15, 0.2) is 18.2 Å². The summed E-state index contributed by atoms with van der Waals surface area (Å²) in [5.41, 5.74) is 4.07. The summed E-state index contributed by atoms with van der Waals surface area (Å²) >= 11 is 5.44. The number of aryl methyl sites for hydroxylation is 1. The summed E-state index contributed by atoms with van der Waals surface area (Å²) in [6.45, 7) is 10.4. The lowest BCUT2D eigenvalue weighted by molar-refractivity contribution is 0.416. The molecule has 0 bridgehead atoms. The molecule has 0 atom stereocenters. The van der Waals surface area contributed by atoms with Gasteiger partial charge in [-0.2, -0.15) is 0 Å². The first-order valence-corrected chi connectivity index (χ1v) is 7.41. The Morgan fingerprint density at radius 1 is 1.19 bits per heavy atom. The van der Waals surface area contributed by atoms with Gasteiger partial charge >= 0.3 is 0 Å². The van der Waals surface area contributed by atoms with E-state index in [0.717, 1.165) is 28.4 Å². The third kappa shape index (κ3) is 3.16. The van der Waals surface area contributed by atoms with Crippen LogP contribution >= 0.6 is 12.2 Å². The van der Waals surface area contributed by atoms with E-state index in [1.54, 1.807) is 7.11 Å². The smallest absolute Gasteiger partial charge is 0.133 e. The zero-order valence-corrected chi connectivity index (χ0v) is 14.3. The summed E-state index contributed by atoms with van der Waals surface area (Å²) in [5, 5.41) is 0. The predicted octanol–water partition coefficient (Wildman–Crippen LogP) is 4.73. The zero-order valence-electron chi connectivity index (χ0n) is 13.5. The van der Waals surface area contributed by atoms with Crippen LogP contribution in [0.3, 0.4) is 0 Å². The Balaban J connectivity index is 2.78. The number of methoxy groups -OCH3 is 1. The van der Waals surface area contributed by atoms with Crippen LogP contribution in [0.2, 0.25) is 0 Å². The second kappa shape index (κ2) is 5.60. The van der Waals surface area contributed by atoms with Crippen LogP contribution in [0.1, 0.15) is 37.7 Å². The summed E-state index contributed by atoms with van der Waals surface area (Å²) < 4.78 is 6.14. The fourth-order valence-electron chi connectivity index (χ4n) is 2.17. The highest BCUT2D eigenvalue weighted by Gasteiger charge is 2.20. The van der Waals surface area contributed by atoms with Gasteiger partial charge in [0.25, 0.3) is 0 Å². The van der Waals surface area contributed by atoms with Gasteiger partial charge in [-0.05, 0) is 26.0 Å². The van der Waals surface area contributed by atoms with Crippen molar-refractivity contribution in [2.24, 2.45) is 0 Å². The molecule has 21 heavy (non-hydrogen) atoms. The van der Waals surface area contributed by atoms with Crippen LogP contribution in [-0.2, 0) is 5.41 Å². The van der Waals surface area contributed by atoms with Gasteiger partial charge in [-0.25, -0.2) is 4.98 Å². The minimum Gasteiger partial charge on any atom is -0.496 e. The molecule has 1 heterocycles. The van der Waals surface area contributed by atoms with E-state index in [9.17, 15) is 0 Å². The fourth-order valence-corrected chi connectivity index (χ4v) is 2.37. The van der Waals surface area contributed by atoms with Gasteiger partial charge in [0.05, 0.1) is 12.8 Å². The van der Waals surface area contributed by atoms with Crippen LogP contribution < -0.4 is 4.74 Å². The number of hydrogen-bond acceptors (Lipinski definition) is 3. The number of aromatic amines is 1. The molecule has 0 aliphatic carbocycles. The van der Waals surface area contributed by atoms with Crippen LogP contribution in [0, 0.1) is 18.5 Å². The topological polar surface area (TPSA) is 37.9 Å². The molecule has 2 rings (SSSR count). The molecule has 0 aliphatic rings. The molecule has 112 valence electrons. The van der Waals surface area contributed by atoms with Crippen molar-refractivity contribution in [3.63, 3.8) is 0 Å². The van der Waals surface area contributed by atoms with Gasteiger partial charge in [-0.15, -0.1) is 0 Å². The van der Waals surface area contributed by atoms with Crippen molar-refractivity contribution in [3.8, 4) is 17.0 Å². The third-order valence-electron chi connectivity index (χ3n) is 3.49. The average Bonchev–Trinajstić information content (AvgIpc) is 2.40. The normalized spacial score (nSPS) is 11.5. The summed E-state index contributed by atoms with van der Waals surface area (Å²) in [6.07, 6.45) is 0. The Hall–Kier alpha value is -1.68. The van der Waals surface area contributed by atoms with E-state index >= 15 is 0 Å². The molecule has 1 N–H and O–H groups in total. The minimum absolute atomic E-state index is 0.0902. The maximum atomic E-state index is 5.50. The Labute approximate surface area is 131 Å². The van der Waals surface area contributed by atoms with Gasteiger partial charge < -0.3 is 9.72 Å². The number of hydrogen-bond donors (Lipinski definition) is 1. The minimum atomic E-state index is -0.0902. The first kappa shape index (κ1) is 15.7. The molecule has 4 heteroatoms. The molecule has 3 nitrogen and oxygen atoms in total. The van der Waals surface area contributed by atoms with Crippen molar-refractivity contribution in [1.29, 1.82) is 0 Å². The number of benzene rings is 1. The SMILES string of the molecule is COc1ccc(C)cc1-c1[nH]c(C(C)(C)C)nc(=S)c1C. The molecule has 0 spiro atoms. The van der Waals surface area contributed by atoms with E-state index < -0.39 is 0 Å². The maximum absolute atomic E-state index is 5.50. The summed E-state index contributed by atoms with van der Waals surface area (Å²) in [4.78, 5) is 7.98. The average molecular weight is 302 g/mol. The lowest BCUT2D eigenvalue weighted by Gasteiger charge is -2.20. The largest absolute Gasteiger partial charge is 0.496 e. The van der Waals surface area contributed by atoms with Crippen LogP contribution in [0.4, 0.5) is 0 Å². The van der Waals surface area contributed by atoms with Gasteiger partial charge in [-0.1, -0.05) is 44.6 Å². The molecule has 0 radical (unpaired) electrons. The zero-order chi connectivity index (χ0) is 15.8. The molecule has 0 fully saturated rings. The summed E-state index contributed by atoms with van der Waals surface area (Å²) in [5.74, 6) is 1.72. The molecular weight excluding hydrogens is 280 g/mol. The van der Waals surface area contributed by atoms with Gasteiger partial charge in [-0.3, -0.25) is 0 Å². The monoisotopic (exact) mass is 302 g/mol. The van der Waals surface area contributed by atoms with Gasteiger partial charge in [0.1, 0.15) is 16.2 Å². The molecule has 0 saturated carbocycles. The number of H-pyrrole nitrogens is 1. The first-order valence-electron chi connectivity index (χ1n) is 7.00. The molecule has 1 aromatic heterocycles. The van der Waals surface area contributed by atoms with Gasteiger partial charge in [0.2, 0.25) is 0 Å². The maximum Gasteiger partial charge on any atom is 0.133 e. The Morgan fingerprint density at radius 2 is 1.86 bits per heavy atom. The summed E-state index contributed by atoms with van der Waals surface area (Å²) in [6, 6.07) is 6.13. The van der Waals surface area contributed by atoms with E-state index in [1.807, 2.05) is 19.1 Å². The van der Waals surface area contributed by atoms with Crippen LogP contribution in [0.25, 0.3) is 11.3 Å². The second-order valence-electron chi connectivity index (χ2n) is 6.34. The Morgan fingerprint density at radius 3 is 2.43 bits per heavy atom. The van der Waals surface area contributed by atoms with Crippen LogP contribution in [0.5, 0.6) is 5.75 Å². The Bertz CT molecular complexity index is 727. The van der Waals surface area contributed by atoms with Crippen molar-refractivity contribution in [2.45, 2.75) is 40.0 Å². The van der Waals surface area contributed by atoms with E-state index in [-0.39, 0.29) is 5.41 Å². The quantitative estimate of drug-likeness (QED) is 0.815. The van der Waals surface area contributed by atoms with E-state index in [2.05, 4.69) is 43.7 Å². The third-order valence-corrected chi connectivity index (χ3v) is 3.88. The van der Waals surface area contributed by atoms with Gasteiger partial charge in [0, 0.05) is 16.5 Å². The van der Waals surface area contributed by atoms with Crippen molar-refractivity contribution >= 4 is 12.2 Å². The predicted molar refractivity (Wildman–Crippen MR) is 89.6 cm³/mol. The van der Waals surface area contributed by atoms with Crippen molar-refractivity contribution in [1.82, 2.24) is 9.97 Å². The lowest BCUT2D eigenvalue weighted by Crippen LogP contribution is -2.17. The summed E-state index contributed by atoms with van der Waals surface area (Å²) in [7, 11) is 1.68. The highest BCUT2D eigenvalue weighted by atomic mass is 32.1. The van der Waals surface area contributed by atoms with Crippen molar-refractivity contribution in [2.75, 3.05) is 7.11 Å². The molecule has 0 unspecified atom stereocenters. The fraction of sp³-hybridized carbons (Fsp3) is 0.412. The molecular formula is C17H22N2OS. The standard InChI is InChI=1S/C17H22N2OS/c1-10-7-8-13(20-6)12(9-10)14-11(2)15(21)19-16(18-14)17(3,4)5/h7-9H,1-6H3,(H,18,19,21). The second-order valence-corrected chi connectivity index (χ2v) is 6.73. The van der Waals surface area contributed by atoms with Crippen molar-refractivity contribution < 1.29 is 4.74 Å². The highest BCUT2D eigenvalue weighted by Crippen LogP contribution is 2.33. The number of nitrogens with zero attached hydrogens (tertiary/aromatic N) is 1. The molecule has 2 aromatic rings. The number of nitrogens with one attached hydrogen (secondary N) is 1. The molecule has 0 aliphatic heterocycles. The first-order chi connectivity index (χ1) is 9.74. The van der Waals surface area contributed by atoms with Crippen LogP contribution in [-0.4, -0.2) is 17.1 Å². The number of ether oxygens (including phenoxy) is 1. The Kier molecular flexibility index (Phi) is 4.19. The van der Waals surface area contributed by atoms with E-state index in [0.29, 0.717) is 4.64 Å². The van der Waals surface area contributed by atoms with Crippen molar-refractivity contribution in [3.05, 3.63) is 39.8 Å².